The Kier molecular flexibility index (Phi) is 8.14. The molecule has 12 heteroatoms. The van der Waals surface area contributed by atoms with Crippen LogP contribution >= 0.6 is 0 Å². The van der Waals surface area contributed by atoms with Crippen LogP contribution in [0, 0.1) is 5.92 Å². The molecule has 2 aliphatic rings. The molecule has 0 radical (unpaired) electrons. The molecule has 1 fully saturated rings. The summed E-state index contributed by atoms with van der Waals surface area (Å²) in [6, 6.07) is 3.70. The minimum atomic E-state index is -5.08. The molecule has 2 N–H and O–H groups in total. The zero-order valence-corrected chi connectivity index (χ0v) is 18.2. The fourth-order valence-corrected chi connectivity index (χ4v) is 4.03. The van der Waals surface area contributed by atoms with Gasteiger partial charge in [-0.1, -0.05) is 0 Å². The summed E-state index contributed by atoms with van der Waals surface area (Å²) < 4.78 is 44.5. The van der Waals surface area contributed by atoms with Gasteiger partial charge in [-0.05, 0) is 30.9 Å². The third-order valence-electron chi connectivity index (χ3n) is 5.64. The second-order valence-electron chi connectivity index (χ2n) is 8.09. The van der Waals surface area contributed by atoms with Crippen molar-refractivity contribution < 1.29 is 37.0 Å². The number of carboxylic acid groups (broad SMARTS) is 1. The predicted molar refractivity (Wildman–Crippen MR) is 109 cm³/mol. The molecule has 0 spiro atoms. The van der Waals surface area contributed by atoms with E-state index in [4.69, 9.17) is 19.1 Å². The van der Waals surface area contributed by atoms with Crippen molar-refractivity contribution in [2.24, 2.45) is 13.0 Å². The summed E-state index contributed by atoms with van der Waals surface area (Å²) in [4.78, 5) is 28.7. The van der Waals surface area contributed by atoms with Crippen LogP contribution in [0.25, 0.3) is 0 Å². The average Bonchev–Trinajstić information content (AvgIpc) is 3.42. The molecule has 0 aliphatic carbocycles. The lowest BCUT2D eigenvalue weighted by Crippen LogP contribution is -2.44. The maximum absolute atomic E-state index is 12.9. The van der Waals surface area contributed by atoms with E-state index >= 15 is 0 Å². The number of aryl methyl sites for hydroxylation is 1. The lowest BCUT2D eigenvalue weighted by molar-refractivity contribution is -0.192. The van der Waals surface area contributed by atoms with Gasteiger partial charge in [0.2, 0.25) is 5.91 Å². The number of carbonyl (C=O) groups excluding carboxylic acids is 1. The van der Waals surface area contributed by atoms with Crippen LogP contribution in [0.1, 0.15) is 35.9 Å². The molecule has 1 unspecified atom stereocenters. The van der Waals surface area contributed by atoms with Crippen LogP contribution in [-0.4, -0.2) is 63.9 Å². The van der Waals surface area contributed by atoms with E-state index in [0.29, 0.717) is 12.5 Å². The monoisotopic (exact) mass is 472 g/mol. The molecule has 1 atom stereocenters. The van der Waals surface area contributed by atoms with Crippen molar-refractivity contribution in [2.45, 2.75) is 38.0 Å². The van der Waals surface area contributed by atoms with Gasteiger partial charge in [-0.2, -0.15) is 13.2 Å². The summed E-state index contributed by atoms with van der Waals surface area (Å²) in [5, 5.41) is 10.1. The maximum Gasteiger partial charge on any atom is 0.490 e. The lowest BCUT2D eigenvalue weighted by atomic mass is 9.94. The number of nitrogens with one attached hydrogen (secondary N) is 1. The fraction of sp³-hybridized carbons (Fsp3) is 0.571. The van der Waals surface area contributed by atoms with E-state index in [1.54, 1.807) is 6.26 Å². The lowest BCUT2D eigenvalue weighted by Gasteiger charge is -2.35. The normalized spacial score (nSPS) is 19.3. The quantitative estimate of drug-likeness (QED) is 0.687. The van der Waals surface area contributed by atoms with Gasteiger partial charge in [0.05, 0.1) is 36.4 Å². The van der Waals surface area contributed by atoms with E-state index in [9.17, 15) is 18.0 Å². The number of nitrogens with zero attached hydrogens (tertiary/aromatic N) is 3. The SMILES string of the molecule is Cn1cnc2c1C(C(=O)NCc1ccco1)CN(CC1CCOCC1)C2.O=C(O)C(F)(F)F. The number of fused-ring (bicyclic) bond motifs is 1. The van der Waals surface area contributed by atoms with Crippen LogP contribution in [0.5, 0.6) is 0 Å². The number of aliphatic carboxylic acids is 1. The van der Waals surface area contributed by atoms with Crippen LogP contribution in [0.15, 0.2) is 29.1 Å². The molecule has 2 aromatic heterocycles. The molecule has 0 bridgehead atoms. The van der Waals surface area contributed by atoms with E-state index in [1.165, 1.54) is 0 Å². The topological polar surface area (TPSA) is 110 Å². The molecular formula is C21H27F3N4O5. The Labute approximate surface area is 188 Å². The molecular weight excluding hydrogens is 445 g/mol. The van der Waals surface area contributed by atoms with Gasteiger partial charge in [-0.3, -0.25) is 9.69 Å². The van der Waals surface area contributed by atoms with E-state index in [1.807, 2.05) is 30.1 Å². The first-order valence-electron chi connectivity index (χ1n) is 10.6. The molecule has 4 heterocycles. The van der Waals surface area contributed by atoms with Crippen molar-refractivity contribution in [1.29, 1.82) is 0 Å². The third kappa shape index (κ3) is 6.81. The van der Waals surface area contributed by atoms with Crippen molar-refractivity contribution in [3.8, 4) is 0 Å². The van der Waals surface area contributed by atoms with Crippen molar-refractivity contribution in [3.63, 3.8) is 0 Å². The molecule has 1 amide bonds. The number of ether oxygens (including phenoxy) is 1. The Morgan fingerprint density at radius 2 is 2.00 bits per heavy atom. The van der Waals surface area contributed by atoms with Gasteiger partial charge in [0.1, 0.15) is 5.76 Å². The number of carboxylic acids is 1. The van der Waals surface area contributed by atoms with Crippen molar-refractivity contribution in [2.75, 3.05) is 26.3 Å². The Bertz CT molecular complexity index is 923. The van der Waals surface area contributed by atoms with E-state index in [0.717, 1.165) is 62.8 Å². The summed E-state index contributed by atoms with van der Waals surface area (Å²) in [7, 11) is 1.97. The summed E-state index contributed by atoms with van der Waals surface area (Å²) >= 11 is 0. The Balaban J connectivity index is 0.000000383. The highest BCUT2D eigenvalue weighted by Gasteiger charge is 2.38. The van der Waals surface area contributed by atoms with E-state index in [2.05, 4.69) is 15.2 Å². The highest BCUT2D eigenvalue weighted by atomic mass is 19.4. The summed E-state index contributed by atoms with van der Waals surface area (Å²) in [6.07, 6.45) is 0.550. The fourth-order valence-electron chi connectivity index (χ4n) is 4.03. The number of carbonyl (C=O) groups is 2. The highest BCUT2D eigenvalue weighted by Crippen LogP contribution is 2.29. The predicted octanol–water partition coefficient (Wildman–Crippen LogP) is 2.29. The van der Waals surface area contributed by atoms with Crippen LogP contribution in [-0.2, 0) is 34.5 Å². The van der Waals surface area contributed by atoms with E-state index in [-0.39, 0.29) is 11.8 Å². The first kappa shape index (κ1) is 24.8. The first-order valence-corrected chi connectivity index (χ1v) is 10.6. The molecule has 1 saturated heterocycles. The molecule has 2 aromatic rings. The van der Waals surface area contributed by atoms with Crippen LogP contribution in [0.4, 0.5) is 13.2 Å². The van der Waals surface area contributed by atoms with Crippen molar-refractivity contribution >= 4 is 11.9 Å². The number of hydrogen-bond acceptors (Lipinski definition) is 6. The zero-order chi connectivity index (χ0) is 24.0. The first-order chi connectivity index (χ1) is 15.6. The number of rotatable bonds is 5. The number of furan rings is 1. The summed E-state index contributed by atoms with van der Waals surface area (Å²) in [5.74, 6) is -1.53. The summed E-state index contributed by atoms with van der Waals surface area (Å²) in [6.45, 7) is 4.65. The molecule has 2 aliphatic heterocycles. The number of amides is 1. The minimum Gasteiger partial charge on any atom is -0.475 e. The average molecular weight is 472 g/mol. The minimum absolute atomic E-state index is 0.0305. The Morgan fingerprint density at radius 1 is 1.30 bits per heavy atom. The van der Waals surface area contributed by atoms with Crippen LogP contribution in [0.2, 0.25) is 0 Å². The number of imidazole rings is 1. The number of aromatic nitrogens is 2. The van der Waals surface area contributed by atoms with Crippen LogP contribution < -0.4 is 5.32 Å². The molecule has 4 rings (SSSR count). The van der Waals surface area contributed by atoms with Gasteiger partial charge in [0, 0.05) is 39.9 Å². The maximum atomic E-state index is 12.9. The van der Waals surface area contributed by atoms with Crippen LogP contribution in [0.3, 0.4) is 0 Å². The molecule has 182 valence electrons. The number of hydrogen-bond donors (Lipinski definition) is 2. The Morgan fingerprint density at radius 3 is 2.61 bits per heavy atom. The molecule has 33 heavy (non-hydrogen) atoms. The third-order valence-corrected chi connectivity index (χ3v) is 5.64. The van der Waals surface area contributed by atoms with Gasteiger partial charge in [0.15, 0.2) is 0 Å². The second-order valence-corrected chi connectivity index (χ2v) is 8.09. The second kappa shape index (κ2) is 10.8. The molecule has 9 nitrogen and oxygen atoms in total. The summed E-state index contributed by atoms with van der Waals surface area (Å²) in [5.41, 5.74) is 2.05. The van der Waals surface area contributed by atoms with Crippen molar-refractivity contribution in [1.82, 2.24) is 19.8 Å². The standard InChI is InChI=1S/C19H26N4O3.C2HF3O2/c1-22-13-21-17-12-23(10-14-4-7-25-8-5-14)11-16(18(17)22)19(24)20-9-15-3-2-6-26-15;3-2(4,5)1(6)7/h2-3,6,13-14,16H,4-5,7-12H2,1H3,(H,20,24);(H,6,7). The number of halogens is 3. The number of alkyl halides is 3. The molecule has 0 saturated carbocycles. The van der Waals surface area contributed by atoms with Gasteiger partial charge in [0.25, 0.3) is 0 Å². The highest BCUT2D eigenvalue weighted by molar-refractivity contribution is 5.84. The Hall–Kier alpha value is -2.86. The van der Waals surface area contributed by atoms with Gasteiger partial charge < -0.3 is 24.1 Å². The van der Waals surface area contributed by atoms with E-state index < -0.39 is 12.1 Å². The van der Waals surface area contributed by atoms with Gasteiger partial charge >= 0.3 is 12.1 Å². The molecule has 0 aromatic carbocycles. The van der Waals surface area contributed by atoms with Gasteiger partial charge in [-0.25, -0.2) is 9.78 Å². The largest absolute Gasteiger partial charge is 0.490 e. The smallest absolute Gasteiger partial charge is 0.475 e. The van der Waals surface area contributed by atoms with Crippen molar-refractivity contribution in [3.05, 3.63) is 41.9 Å². The zero-order valence-electron chi connectivity index (χ0n) is 18.2. The van der Waals surface area contributed by atoms with Gasteiger partial charge in [-0.15, -0.1) is 0 Å².